The molecule has 0 aliphatic heterocycles. The van der Waals surface area contributed by atoms with Gasteiger partial charge in [0.15, 0.2) is 0 Å². The number of nitrogens with one attached hydrogen (secondary N) is 2. The Labute approximate surface area is 133 Å². The summed E-state index contributed by atoms with van der Waals surface area (Å²) >= 11 is 3.51. The van der Waals surface area contributed by atoms with Crippen LogP contribution in [0.5, 0.6) is 0 Å². The Kier molecular flexibility index (Phi) is 5.39. The summed E-state index contributed by atoms with van der Waals surface area (Å²) in [5.41, 5.74) is 4.18. The number of carbonyl (C=O) groups excluding carboxylic acids is 1. The first-order valence-corrected chi connectivity index (χ1v) is 7.70. The first-order chi connectivity index (χ1) is 10.0. The normalized spacial score (nSPS) is 10.2. The first kappa shape index (κ1) is 15.6. The highest BCUT2D eigenvalue weighted by molar-refractivity contribution is 9.10. The van der Waals surface area contributed by atoms with Crippen molar-refractivity contribution < 1.29 is 4.79 Å². The number of hydrogen-bond donors (Lipinski definition) is 2. The van der Waals surface area contributed by atoms with Crippen molar-refractivity contribution in [1.82, 2.24) is 0 Å². The van der Waals surface area contributed by atoms with Crippen LogP contribution >= 0.6 is 15.9 Å². The fraction of sp³-hybridized carbons (Fsp3) is 0.235. The maximum Gasteiger partial charge on any atom is 0.226 e. The van der Waals surface area contributed by atoms with Crippen LogP contribution in [0.4, 0.5) is 11.4 Å². The number of aryl methyl sites for hydroxylation is 2. The quantitative estimate of drug-likeness (QED) is 0.836. The van der Waals surface area contributed by atoms with Crippen molar-refractivity contribution in [3.8, 4) is 0 Å². The lowest BCUT2D eigenvalue weighted by Gasteiger charge is -2.10. The van der Waals surface area contributed by atoms with Crippen LogP contribution in [0.1, 0.15) is 17.5 Å². The Morgan fingerprint density at radius 1 is 1.10 bits per heavy atom. The van der Waals surface area contributed by atoms with Gasteiger partial charge >= 0.3 is 0 Å². The van der Waals surface area contributed by atoms with Crippen LogP contribution in [0.25, 0.3) is 0 Å². The molecule has 0 aliphatic rings. The highest BCUT2D eigenvalue weighted by Crippen LogP contribution is 2.23. The molecule has 0 bridgehead atoms. The fourth-order valence-corrected chi connectivity index (χ4v) is 2.65. The molecule has 4 heteroatoms. The van der Waals surface area contributed by atoms with Gasteiger partial charge in [0, 0.05) is 28.8 Å². The Morgan fingerprint density at radius 3 is 2.57 bits per heavy atom. The minimum atomic E-state index is 0.0105. The van der Waals surface area contributed by atoms with Crippen LogP contribution < -0.4 is 10.6 Å². The predicted octanol–water partition coefficient (Wildman–Crippen LogP) is 4.51. The Balaban J connectivity index is 1.81. The van der Waals surface area contributed by atoms with E-state index in [0.717, 1.165) is 21.4 Å². The highest BCUT2D eigenvalue weighted by Gasteiger charge is 2.04. The van der Waals surface area contributed by atoms with Gasteiger partial charge in [-0.3, -0.25) is 4.79 Å². The molecule has 2 aromatic rings. The molecule has 0 aliphatic carbocycles. The molecule has 2 N–H and O–H groups in total. The summed E-state index contributed by atoms with van der Waals surface area (Å²) < 4.78 is 1.02. The molecule has 21 heavy (non-hydrogen) atoms. The van der Waals surface area contributed by atoms with Crippen molar-refractivity contribution in [2.75, 3.05) is 17.2 Å². The van der Waals surface area contributed by atoms with E-state index >= 15 is 0 Å². The maximum absolute atomic E-state index is 11.9. The molecule has 0 atom stereocenters. The topological polar surface area (TPSA) is 41.1 Å². The van der Waals surface area contributed by atoms with Gasteiger partial charge in [0.2, 0.25) is 5.91 Å². The smallest absolute Gasteiger partial charge is 0.226 e. The number of anilines is 2. The van der Waals surface area contributed by atoms with Crippen LogP contribution in [-0.2, 0) is 4.79 Å². The molecule has 1 amide bonds. The zero-order chi connectivity index (χ0) is 15.2. The van der Waals surface area contributed by atoms with Crippen LogP contribution in [0, 0.1) is 13.8 Å². The average molecular weight is 347 g/mol. The van der Waals surface area contributed by atoms with E-state index in [4.69, 9.17) is 0 Å². The third kappa shape index (κ3) is 4.90. The van der Waals surface area contributed by atoms with Gasteiger partial charge in [-0.05, 0) is 65.2 Å². The minimum absolute atomic E-state index is 0.0105. The second kappa shape index (κ2) is 7.27. The van der Waals surface area contributed by atoms with Crippen LogP contribution in [0.3, 0.4) is 0 Å². The number of rotatable bonds is 5. The van der Waals surface area contributed by atoms with Gasteiger partial charge in [-0.2, -0.15) is 0 Å². The second-order valence-corrected chi connectivity index (χ2v) is 5.93. The molecular weight excluding hydrogens is 328 g/mol. The number of benzene rings is 2. The fourth-order valence-electron chi connectivity index (χ4n) is 2.02. The molecule has 3 nitrogen and oxygen atoms in total. The number of amides is 1. The third-order valence-electron chi connectivity index (χ3n) is 3.09. The lowest BCUT2D eigenvalue weighted by atomic mass is 10.2. The third-order valence-corrected chi connectivity index (χ3v) is 3.75. The monoisotopic (exact) mass is 346 g/mol. The van der Waals surface area contributed by atoms with Gasteiger partial charge in [0.1, 0.15) is 0 Å². The number of carbonyl (C=O) groups is 1. The molecule has 2 aromatic carbocycles. The van der Waals surface area contributed by atoms with Crippen molar-refractivity contribution in [2.24, 2.45) is 0 Å². The summed E-state index contributed by atoms with van der Waals surface area (Å²) in [6, 6.07) is 13.9. The molecule has 0 saturated heterocycles. The average Bonchev–Trinajstić information content (AvgIpc) is 2.41. The molecule has 0 unspecified atom stereocenters. The lowest BCUT2D eigenvalue weighted by molar-refractivity contribution is -0.115. The molecule has 2 rings (SSSR count). The Hall–Kier alpha value is -1.81. The van der Waals surface area contributed by atoms with E-state index in [0.29, 0.717) is 13.0 Å². The number of halogens is 1. The second-order valence-electron chi connectivity index (χ2n) is 5.08. The van der Waals surface area contributed by atoms with E-state index in [1.165, 1.54) is 5.56 Å². The highest BCUT2D eigenvalue weighted by atomic mass is 79.9. The van der Waals surface area contributed by atoms with E-state index in [2.05, 4.69) is 32.6 Å². The molecule has 0 spiro atoms. The van der Waals surface area contributed by atoms with Gasteiger partial charge in [0.25, 0.3) is 0 Å². The summed E-state index contributed by atoms with van der Waals surface area (Å²) in [7, 11) is 0. The van der Waals surface area contributed by atoms with Crippen molar-refractivity contribution in [3.05, 3.63) is 58.1 Å². The minimum Gasteiger partial charge on any atom is -0.384 e. The van der Waals surface area contributed by atoms with E-state index in [1.807, 2.05) is 50.2 Å². The van der Waals surface area contributed by atoms with Gasteiger partial charge in [0.05, 0.1) is 0 Å². The van der Waals surface area contributed by atoms with Gasteiger partial charge in [-0.1, -0.05) is 18.2 Å². The van der Waals surface area contributed by atoms with Crippen molar-refractivity contribution >= 4 is 33.2 Å². The molecule has 0 aromatic heterocycles. The first-order valence-electron chi connectivity index (χ1n) is 6.91. The van der Waals surface area contributed by atoms with Crippen molar-refractivity contribution in [2.45, 2.75) is 20.3 Å². The molecule has 0 radical (unpaired) electrons. The summed E-state index contributed by atoms with van der Waals surface area (Å²) in [5, 5.41) is 6.16. The standard InChI is InChI=1S/C17H19BrN2O/c1-12-4-3-5-14(10-12)20-17(21)8-9-19-16-7-6-13(2)11-15(16)18/h3-7,10-11,19H,8-9H2,1-2H3,(H,20,21). The van der Waals surface area contributed by atoms with E-state index in [-0.39, 0.29) is 5.91 Å². The number of hydrogen-bond acceptors (Lipinski definition) is 2. The summed E-state index contributed by atoms with van der Waals surface area (Å²) in [6.07, 6.45) is 0.425. The molecule has 110 valence electrons. The maximum atomic E-state index is 11.9. The summed E-state index contributed by atoms with van der Waals surface area (Å²) in [4.78, 5) is 11.9. The van der Waals surface area contributed by atoms with Gasteiger partial charge in [-0.15, -0.1) is 0 Å². The Bertz CT molecular complexity index is 640. The lowest BCUT2D eigenvalue weighted by Crippen LogP contribution is -2.16. The van der Waals surface area contributed by atoms with Crippen molar-refractivity contribution in [1.29, 1.82) is 0 Å². The summed E-state index contributed by atoms with van der Waals surface area (Å²) in [5.74, 6) is 0.0105. The van der Waals surface area contributed by atoms with Gasteiger partial charge in [-0.25, -0.2) is 0 Å². The molecule has 0 heterocycles. The zero-order valence-corrected chi connectivity index (χ0v) is 13.8. The SMILES string of the molecule is Cc1cccc(NC(=O)CCNc2ccc(C)cc2Br)c1. The van der Waals surface area contributed by atoms with E-state index in [9.17, 15) is 4.79 Å². The zero-order valence-electron chi connectivity index (χ0n) is 12.2. The Morgan fingerprint density at radius 2 is 1.86 bits per heavy atom. The largest absolute Gasteiger partial charge is 0.384 e. The van der Waals surface area contributed by atoms with Gasteiger partial charge < -0.3 is 10.6 Å². The summed E-state index contributed by atoms with van der Waals surface area (Å²) in [6.45, 7) is 4.65. The van der Waals surface area contributed by atoms with Crippen LogP contribution in [0.2, 0.25) is 0 Å². The van der Waals surface area contributed by atoms with E-state index in [1.54, 1.807) is 0 Å². The molecule has 0 fully saturated rings. The van der Waals surface area contributed by atoms with E-state index < -0.39 is 0 Å². The molecular formula is C17H19BrN2O. The van der Waals surface area contributed by atoms with Crippen LogP contribution in [0.15, 0.2) is 46.9 Å². The van der Waals surface area contributed by atoms with Crippen molar-refractivity contribution in [3.63, 3.8) is 0 Å². The predicted molar refractivity (Wildman–Crippen MR) is 91.8 cm³/mol. The molecule has 0 saturated carbocycles. The van der Waals surface area contributed by atoms with Crippen LogP contribution in [-0.4, -0.2) is 12.5 Å².